The van der Waals surface area contributed by atoms with Crippen molar-refractivity contribution in [3.63, 3.8) is 0 Å². The number of Topliss-reactive ketones (excluding diaryl/α,β-unsaturated/α-hetero) is 3. The van der Waals surface area contributed by atoms with Gasteiger partial charge in [-0.2, -0.15) is 0 Å². The summed E-state index contributed by atoms with van der Waals surface area (Å²) in [6.45, 7) is 7.89. The number of ether oxygens (including phenoxy) is 1. The zero-order chi connectivity index (χ0) is 43.7. The Morgan fingerprint density at radius 2 is 1.66 bits per heavy atom. The second-order valence-electron chi connectivity index (χ2n) is 16.9. The zero-order valence-electron chi connectivity index (χ0n) is 35.2. The van der Waals surface area contributed by atoms with Crippen molar-refractivity contribution in [1.29, 1.82) is 0 Å². The third kappa shape index (κ3) is 8.50. The highest BCUT2D eigenvalue weighted by molar-refractivity contribution is 6.13. The van der Waals surface area contributed by atoms with Crippen molar-refractivity contribution in [3.05, 3.63) is 74.1 Å². The summed E-state index contributed by atoms with van der Waals surface area (Å²) >= 11 is 0. The number of rotatable bonds is 18. The van der Waals surface area contributed by atoms with Gasteiger partial charge < -0.3 is 25.0 Å². The van der Waals surface area contributed by atoms with Crippen LogP contribution in [-0.2, 0) is 76.1 Å². The summed E-state index contributed by atoms with van der Waals surface area (Å²) in [6, 6.07) is 4.79. The number of imide groups is 1. The molecular formula is C46H53N5O10. The van der Waals surface area contributed by atoms with E-state index in [-0.39, 0.29) is 105 Å². The van der Waals surface area contributed by atoms with E-state index < -0.39 is 29.4 Å². The molecule has 3 atom stereocenters. The number of pyridine rings is 2. The number of carbonyl (C=O) groups excluding carboxylic acids is 7. The van der Waals surface area contributed by atoms with E-state index in [2.05, 4.69) is 10.6 Å². The third-order valence-corrected chi connectivity index (χ3v) is 12.8. The van der Waals surface area contributed by atoms with Crippen LogP contribution in [-0.4, -0.2) is 92.9 Å². The number of aromatic nitrogens is 2. The van der Waals surface area contributed by atoms with Gasteiger partial charge in [-0.25, -0.2) is 4.98 Å². The lowest BCUT2D eigenvalue weighted by Crippen LogP contribution is -2.44. The van der Waals surface area contributed by atoms with Crippen LogP contribution in [0, 0.1) is 11.8 Å². The number of hydrogen-bond donors (Lipinski definition) is 3. The number of ketones is 3. The first-order chi connectivity index (χ1) is 29.1. The van der Waals surface area contributed by atoms with Crippen molar-refractivity contribution in [3.8, 4) is 11.4 Å². The van der Waals surface area contributed by atoms with Crippen LogP contribution in [0.15, 0.2) is 35.1 Å². The molecule has 0 spiro atoms. The average Bonchev–Trinajstić information content (AvgIpc) is 3.77. The van der Waals surface area contributed by atoms with Crippen LogP contribution in [0.5, 0.6) is 0 Å². The number of nitrogens with zero attached hydrogens (tertiary/aromatic N) is 3. The highest BCUT2D eigenvalue weighted by Crippen LogP contribution is 2.43. The summed E-state index contributed by atoms with van der Waals surface area (Å²) in [5, 5.41) is 17.9. The molecule has 4 aliphatic rings. The second-order valence-corrected chi connectivity index (χ2v) is 16.9. The molecule has 3 N–H and O–H groups in total. The van der Waals surface area contributed by atoms with Crippen molar-refractivity contribution >= 4 is 51.9 Å². The van der Waals surface area contributed by atoms with Gasteiger partial charge in [0.1, 0.15) is 11.4 Å². The van der Waals surface area contributed by atoms with Crippen molar-refractivity contribution in [2.75, 3.05) is 26.3 Å². The van der Waals surface area contributed by atoms with Gasteiger partial charge in [-0.05, 0) is 73.8 Å². The number of nitrogens with one attached hydrogen (secondary N) is 2. The summed E-state index contributed by atoms with van der Waals surface area (Å²) < 4.78 is 7.22. The standard InChI is InChI=1S/C46H53N5O10/c1-5-46(60)34-23-36-43-33(24-51(36)45(59)31(34)10-12-38(46)54)30-8-6-7-29-27(9-11-35(49-43)42(29)30)21-37(53)26(4)48-44(58)32(25(2)3)22-28(52)16-19-61-20-17-47-39(55)15-18-50-40(56)13-14-41(50)57/h9,11,13-14,23,25-26,32,60H,5-8,10,12,15-22,24H2,1-4H3,(H,47,55)(H,48,58)/t26-,32-,46-/m0/s1. The van der Waals surface area contributed by atoms with Crippen molar-refractivity contribution < 1.29 is 43.4 Å². The van der Waals surface area contributed by atoms with Crippen LogP contribution in [0.2, 0.25) is 0 Å². The predicted molar refractivity (Wildman–Crippen MR) is 223 cm³/mol. The maximum atomic E-state index is 13.9. The molecule has 7 rings (SSSR count). The van der Waals surface area contributed by atoms with E-state index in [1.807, 2.05) is 26.0 Å². The molecule has 2 aliphatic heterocycles. The molecular weight excluding hydrogens is 783 g/mol. The molecule has 0 saturated heterocycles. The molecule has 2 aliphatic carbocycles. The lowest BCUT2D eigenvalue weighted by atomic mass is 9.77. The Labute approximate surface area is 353 Å². The summed E-state index contributed by atoms with van der Waals surface area (Å²) in [6.07, 6.45) is 5.42. The molecule has 2 aromatic heterocycles. The molecule has 3 aromatic rings. The Bertz CT molecular complexity index is 2430. The monoisotopic (exact) mass is 835 g/mol. The van der Waals surface area contributed by atoms with Crippen molar-refractivity contribution in [1.82, 2.24) is 25.1 Å². The van der Waals surface area contributed by atoms with Crippen LogP contribution in [0.4, 0.5) is 0 Å². The minimum absolute atomic E-state index is 0.0149. The highest BCUT2D eigenvalue weighted by Gasteiger charge is 2.43. The summed E-state index contributed by atoms with van der Waals surface area (Å²) in [5.41, 5.74) is 4.97. The van der Waals surface area contributed by atoms with Gasteiger partial charge in [-0.15, -0.1) is 0 Å². The van der Waals surface area contributed by atoms with Crippen LogP contribution >= 0.6 is 0 Å². The Morgan fingerprint density at radius 1 is 0.918 bits per heavy atom. The molecule has 0 fully saturated rings. The van der Waals surface area contributed by atoms with Crippen molar-refractivity contribution in [2.24, 2.45) is 11.8 Å². The Morgan fingerprint density at radius 3 is 2.38 bits per heavy atom. The van der Waals surface area contributed by atoms with E-state index in [4.69, 9.17) is 9.72 Å². The van der Waals surface area contributed by atoms with E-state index in [9.17, 15) is 43.5 Å². The van der Waals surface area contributed by atoms with Crippen LogP contribution in [0.1, 0.15) is 99.6 Å². The Kier molecular flexibility index (Phi) is 12.6. The third-order valence-electron chi connectivity index (χ3n) is 12.8. The topological polar surface area (TPSA) is 211 Å². The van der Waals surface area contributed by atoms with Gasteiger partial charge in [0.15, 0.2) is 11.6 Å². The normalized spacial score (nSPS) is 18.6. The molecule has 15 heteroatoms. The minimum atomic E-state index is -1.70. The number of fused-ring (bicyclic) bond motifs is 5. The summed E-state index contributed by atoms with van der Waals surface area (Å²) in [5.74, 6) is -3.04. The molecule has 0 saturated carbocycles. The molecule has 61 heavy (non-hydrogen) atoms. The smallest absolute Gasteiger partial charge is 0.254 e. The molecule has 0 unspecified atom stereocenters. The van der Waals surface area contributed by atoms with Gasteiger partial charge >= 0.3 is 0 Å². The number of carbonyl (C=O) groups is 7. The molecule has 4 amide bonds. The Balaban J connectivity index is 0.939. The average molecular weight is 836 g/mol. The fourth-order valence-electron chi connectivity index (χ4n) is 9.16. The van der Waals surface area contributed by atoms with Gasteiger partial charge in [-0.3, -0.25) is 43.3 Å². The number of amides is 4. The van der Waals surface area contributed by atoms with Gasteiger partial charge in [0, 0.05) is 85.3 Å². The number of aliphatic hydroxyl groups is 1. The summed E-state index contributed by atoms with van der Waals surface area (Å²) in [4.78, 5) is 108. The number of hydrogen-bond acceptors (Lipinski definition) is 11. The largest absolute Gasteiger partial charge is 0.379 e. The van der Waals surface area contributed by atoms with E-state index >= 15 is 0 Å². The van der Waals surface area contributed by atoms with E-state index in [0.717, 1.165) is 69.5 Å². The molecule has 0 bridgehead atoms. The zero-order valence-corrected chi connectivity index (χ0v) is 35.2. The lowest BCUT2D eigenvalue weighted by Gasteiger charge is -2.32. The minimum Gasteiger partial charge on any atom is -0.379 e. The van der Waals surface area contributed by atoms with Gasteiger partial charge in [0.05, 0.1) is 42.7 Å². The van der Waals surface area contributed by atoms with E-state index in [1.54, 1.807) is 24.5 Å². The predicted octanol–water partition coefficient (Wildman–Crippen LogP) is 2.71. The SMILES string of the molecule is CC[C@@]1(O)C(=O)CCc2c1cc1n(c2=O)Cc2c-1nc1ccc(CC(=O)[C@H](C)NC(=O)[C@@H](CC(=O)CCOCCNC(=O)CCN3C(=O)C=CC3=O)C(C)C)c3c1c2CCC3. The van der Waals surface area contributed by atoms with Gasteiger partial charge in [-0.1, -0.05) is 26.8 Å². The first-order valence-corrected chi connectivity index (χ1v) is 21.3. The molecule has 1 aromatic carbocycles. The van der Waals surface area contributed by atoms with Crippen LogP contribution < -0.4 is 16.2 Å². The van der Waals surface area contributed by atoms with Crippen molar-refractivity contribution in [2.45, 2.75) is 110 Å². The van der Waals surface area contributed by atoms with Crippen LogP contribution in [0.25, 0.3) is 22.3 Å². The maximum Gasteiger partial charge on any atom is 0.254 e. The first-order valence-electron chi connectivity index (χ1n) is 21.3. The fraction of sp³-hybridized carbons (Fsp3) is 0.500. The summed E-state index contributed by atoms with van der Waals surface area (Å²) in [7, 11) is 0. The molecule has 15 nitrogen and oxygen atoms in total. The highest BCUT2D eigenvalue weighted by atomic mass is 16.5. The van der Waals surface area contributed by atoms with Crippen LogP contribution in [0.3, 0.4) is 0 Å². The number of aryl methyl sites for hydroxylation is 2. The fourth-order valence-corrected chi connectivity index (χ4v) is 9.16. The van der Waals surface area contributed by atoms with Gasteiger partial charge in [0.2, 0.25) is 11.8 Å². The van der Waals surface area contributed by atoms with E-state index in [1.165, 1.54) is 0 Å². The van der Waals surface area contributed by atoms with E-state index in [0.29, 0.717) is 35.5 Å². The first kappa shape index (κ1) is 43.4. The molecule has 4 heterocycles. The maximum absolute atomic E-state index is 13.9. The second kappa shape index (κ2) is 17.7. The lowest BCUT2D eigenvalue weighted by molar-refractivity contribution is -0.140. The molecule has 0 radical (unpaired) electrons. The number of benzene rings is 1. The Hall–Kier alpha value is -5.67. The quantitative estimate of drug-likeness (QED) is 0.0980. The van der Waals surface area contributed by atoms with Gasteiger partial charge in [0.25, 0.3) is 17.4 Å². The molecule has 322 valence electrons.